The second-order valence-corrected chi connectivity index (χ2v) is 6.42. The predicted octanol–water partition coefficient (Wildman–Crippen LogP) is 1.93. The molecule has 1 aliphatic heterocycles. The predicted molar refractivity (Wildman–Crippen MR) is 86.6 cm³/mol. The van der Waals surface area contributed by atoms with Crippen molar-refractivity contribution in [1.29, 1.82) is 0 Å². The zero-order valence-electron chi connectivity index (χ0n) is 12.3. The number of carboxylic acids is 1. The van der Waals surface area contributed by atoms with E-state index in [2.05, 4.69) is 24.4 Å². The molecule has 0 saturated carbocycles. The van der Waals surface area contributed by atoms with Crippen LogP contribution in [0.1, 0.15) is 17.9 Å². The summed E-state index contributed by atoms with van der Waals surface area (Å²) in [6.45, 7) is 2.21. The van der Waals surface area contributed by atoms with Crippen molar-refractivity contribution < 1.29 is 9.90 Å². The number of nitrogens with zero attached hydrogens (tertiary/aromatic N) is 5. The van der Waals surface area contributed by atoms with Crippen molar-refractivity contribution in [3.63, 3.8) is 0 Å². The minimum Gasteiger partial charge on any atom is -0.481 e. The van der Waals surface area contributed by atoms with E-state index in [-0.39, 0.29) is 6.42 Å². The first-order valence-electron chi connectivity index (χ1n) is 7.41. The van der Waals surface area contributed by atoms with Crippen molar-refractivity contribution in [3.05, 3.63) is 35.4 Å². The summed E-state index contributed by atoms with van der Waals surface area (Å²) >= 11 is 1.63. The number of fused-ring (bicyclic) bond motifs is 2. The molecule has 0 aromatic carbocycles. The summed E-state index contributed by atoms with van der Waals surface area (Å²) < 4.78 is 3.20. The second kappa shape index (κ2) is 5.62. The molecule has 4 heterocycles. The van der Waals surface area contributed by atoms with E-state index in [9.17, 15) is 4.79 Å². The van der Waals surface area contributed by atoms with Crippen LogP contribution in [0.4, 0.5) is 5.95 Å². The van der Waals surface area contributed by atoms with Crippen LogP contribution in [0.15, 0.2) is 23.8 Å². The van der Waals surface area contributed by atoms with Gasteiger partial charge >= 0.3 is 5.97 Å². The lowest BCUT2D eigenvalue weighted by Gasteiger charge is -2.28. The summed E-state index contributed by atoms with van der Waals surface area (Å²) in [5.41, 5.74) is 1.95. The highest BCUT2D eigenvalue weighted by atomic mass is 32.1. The molecule has 0 fully saturated rings. The lowest BCUT2D eigenvalue weighted by atomic mass is 10.2. The van der Waals surface area contributed by atoms with Gasteiger partial charge in [-0.3, -0.25) is 4.79 Å². The standard InChI is InChI=1S/C15H15N5O2S/c21-14(22)2-1-10-7-16-13-9-19(4-5-20(10)13)15-17-8-12-11(18-15)3-6-23-12/h3,6-8H,1-2,4-5,9H2,(H,21,22). The molecule has 0 atom stereocenters. The Morgan fingerprint density at radius 3 is 3.09 bits per heavy atom. The summed E-state index contributed by atoms with van der Waals surface area (Å²) in [7, 11) is 0. The van der Waals surface area contributed by atoms with Crippen molar-refractivity contribution in [2.75, 3.05) is 11.4 Å². The number of aliphatic carboxylic acids is 1. The topological polar surface area (TPSA) is 84.1 Å². The average molecular weight is 329 g/mol. The number of anilines is 1. The van der Waals surface area contributed by atoms with Gasteiger partial charge in [-0.25, -0.2) is 15.0 Å². The number of aryl methyl sites for hydroxylation is 1. The van der Waals surface area contributed by atoms with Crippen molar-refractivity contribution in [2.45, 2.75) is 25.9 Å². The third-order valence-corrected chi connectivity index (χ3v) is 4.86. The van der Waals surface area contributed by atoms with E-state index in [1.165, 1.54) is 0 Å². The molecule has 3 aromatic rings. The molecule has 0 aliphatic carbocycles. The lowest BCUT2D eigenvalue weighted by Crippen LogP contribution is -2.35. The van der Waals surface area contributed by atoms with Crippen molar-refractivity contribution in [3.8, 4) is 0 Å². The van der Waals surface area contributed by atoms with Gasteiger partial charge in [-0.05, 0) is 17.9 Å². The highest BCUT2D eigenvalue weighted by Crippen LogP contribution is 2.23. The van der Waals surface area contributed by atoms with Crippen molar-refractivity contribution in [2.24, 2.45) is 0 Å². The molecule has 118 valence electrons. The Morgan fingerprint density at radius 1 is 1.30 bits per heavy atom. The summed E-state index contributed by atoms with van der Waals surface area (Å²) in [4.78, 5) is 26.3. The van der Waals surface area contributed by atoms with Gasteiger partial charge < -0.3 is 14.6 Å². The van der Waals surface area contributed by atoms with Gasteiger partial charge in [0.25, 0.3) is 0 Å². The van der Waals surface area contributed by atoms with Crippen LogP contribution in [0.5, 0.6) is 0 Å². The Labute approximate surface area is 136 Å². The van der Waals surface area contributed by atoms with Gasteiger partial charge in [-0.1, -0.05) is 0 Å². The Hall–Kier alpha value is -2.48. The van der Waals surface area contributed by atoms with Crippen LogP contribution >= 0.6 is 11.3 Å². The maximum absolute atomic E-state index is 10.7. The van der Waals surface area contributed by atoms with Crippen molar-refractivity contribution in [1.82, 2.24) is 19.5 Å². The molecular weight excluding hydrogens is 314 g/mol. The minimum absolute atomic E-state index is 0.132. The highest BCUT2D eigenvalue weighted by Gasteiger charge is 2.22. The number of carbonyl (C=O) groups is 1. The fourth-order valence-electron chi connectivity index (χ4n) is 2.84. The molecule has 0 unspecified atom stereocenters. The third-order valence-electron chi connectivity index (χ3n) is 4.02. The number of hydrogen-bond acceptors (Lipinski definition) is 6. The SMILES string of the molecule is O=C(O)CCc1cnc2n1CCN(c1ncc3sccc3n1)C2. The molecule has 1 N–H and O–H groups in total. The van der Waals surface area contributed by atoms with E-state index in [4.69, 9.17) is 5.11 Å². The van der Waals surface area contributed by atoms with E-state index in [1.807, 2.05) is 17.6 Å². The maximum atomic E-state index is 10.7. The molecule has 0 bridgehead atoms. The molecule has 23 heavy (non-hydrogen) atoms. The number of thiophene rings is 1. The molecule has 0 spiro atoms. The zero-order chi connectivity index (χ0) is 15.8. The second-order valence-electron chi connectivity index (χ2n) is 5.47. The molecule has 0 amide bonds. The lowest BCUT2D eigenvalue weighted by molar-refractivity contribution is -0.136. The molecule has 8 heteroatoms. The van der Waals surface area contributed by atoms with E-state index >= 15 is 0 Å². The van der Waals surface area contributed by atoms with E-state index < -0.39 is 5.97 Å². The van der Waals surface area contributed by atoms with Crippen LogP contribution in [0, 0.1) is 0 Å². The van der Waals surface area contributed by atoms with Crippen LogP contribution in [0.25, 0.3) is 10.2 Å². The van der Waals surface area contributed by atoms with Gasteiger partial charge in [-0.15, -0.1) is 11.3 Å². The summed E-state index contributed by atoms with van der Waals surface area (Å²) in [5.74, 6) is 0.873. The first kappa shape index (κ1) is 14.1. The van der Waals surface area contributed by atoms with Crippen LogP contribution in [-0.4, -0.2) is 37.1 Å². The molecule has 7 nitrogen and oxygen atoms in total. The van der Waals surface area contributed by atoms with E-state index in [0.29, 0.717) is 13.0 Å². The minimum atomic E-state index is -0.782. The maximum Gasteiger partial charge on any atom is 0.303 e. The first-order valence-corrected chi connectivity index (χ1v) is 8.29. The summed E-state index contributed by atoms with van der Waals surface area (Å²) in [6, 6.07) is 2.00. The van der Waals surface area contributed by atoms with Crippen LogP contribution in [-0.2, 0) is 24.3 Å². The van der Waals surface area contributed by atoms with Gasteiger partial charge in [-0.2, -0.15) is 0 Å². The van der Waals surface area contributed by atoms with Gasteiger partial charge in [0.1, 0.15) is 5.82 Å². The normalized spacial score (nSPS) is 14.2. The van der Waals surface area contributed by atoms with Crippen molar-refractivity contribution >= 4 is 33.5 Å². The number of rotatable bonds is 4. The Bertz CT molecular complexity index is 872. The largest absolute Gasteiger partial charge is 0.481 e. The fraction of sp³-hybridized carbons (Fsp3) is 0.333. The van der Waals surface area contributed by atoms with Gasteiger partial charge in [0, 0.05) is 25.0 Å². The first-order chi connectivity index (χ1) is 11.2. The molecule has 4 rings (SSSR count). The summed E-state index contributed by atoms with van der Waals surface area (Å²) in [6.07, 6.45) is 4.29. The van der Waals surface area contributed by atoms with Gasteiger partial charge in [0.15, 0.2) is 0 Å². The zero-order valence-corrected chi connectivity index (χ0v) is 13.2. The van der Waals surface area contributed by atoms with Crippen LogP contribution in [0.3, 0.4) is 0 Å². The Morgan fingerprint density at radius 2 is 2.22 bits per heavy atom. The average Bonchev–Trinajstić information content (AvgIpc) is 3.18. The molecule has 0 saturated heterocycles. The number of carboxylic acid groups (broad SMARTS) is 1. The summed E-state index contributed by atoms with van der Waals surface area (Å²) in [5, 5.41) is 10.8. The third kappa shape index (κ3) is 2.65. The number of imidazole rings is 1. The van der Waals surface area contributed by atoms with E-state index in [1.54, 1.807) is 17.5 Å². The molecule has 1 aliphatic rings. The quantitative estimate of drug-likeness (QED) is 0.787. The molecule has 3 aromatic heterocycles. The molecular formula is C15H15N5O2S. The monoisotopic (exact) mass is 329 g/mol. The number of hydrogen-bond donors (Lipinski definition) is 1. The van der Waals surface area contributed by atoms with Gasteiger partial charge in [0.2, 0.25) is 5.95 Å². The number of aromatic nitrogens is 4. The van der Waals surface area contributed by atoms with Crippen LogP contribution in [0.2, 0.25) is 0 Å². The van der Waals surface area contributed by atoms with Crippen LogP contribution < -0.4 is 4.90 Å². The Kier molecular flexibility index (Phi) is 3.45. The fourth-order valence-corrected chi connectivity index (χ4v) is 3.53. The smallest absolute Gasteiger partial charge is 0.303 e. The molecule has 0 radical (unpaired) electrons. The highest BCUT2D eigenvalue weighted by molar-refractivity contribution is 7.17. The van der Waals surface area contributed by atoms with E-state index in [0.717, 1.165) is 40.8 Å². The Balaban J connectivity index is 1.55. The van der Waals surface area contributed by atoms with Gasteiger partial charge in [0.05, 0.1) is 29.4 Å².